The fraction of sp³-hybridized carbons (Fsp3) is 0.649. The van der Waals surface area contributed by atoms with Crippen LogP contribution in [0.1, 0.15) is 85.5 Å². The molecule has 1 N–H and O–H groups in total. The Kier molecular flexibility index (Phi) is 9.68. The second kappa shape index (κ2) is 13.0. The summed E-state index contributed by atoms with van der Waals surface area (Å²) in [4.78, 5) is 93.4. The number of Topliss-reactive ketones (excluding diaryl/α,β-unsaturated/α-hetero) is 1. The van der Waals surface area contributed by atoms with Crippen LogP contribution in [0.15, 0.2) is 30.3 Å². The molecule has 4 fully saturated rings. The molecule has 1 aromatic carbocycles. The Labute approximate surface area is 295 Å². The molecule has 4 aliphatic rings. The number of benzene rings is 1. The molecule has 4 saturated carbocycles. The Bertz CT molecular complexity index is 1640. The first kappa shape index (κ1) is 37.9. The van der Waals surface area contributed by atoms with Gasteiger partial charge in [0.05, 0.1) is 22.3 Å². The first-order chi connectivity index (χ1) is 23.6. The zero-order valence-electron chi connectivity index (χ0n) is 30.3. The van der Waals surface area contributed by atoms with E-state index >= 15 is 0 Å². The van der Waals surface area contributed by atoms with E-state index in [-0.39, 0.29) is 12.0 Å². The van der Waals surface area contributed by atoms with Gasteiger partial charge in [0, 0.05) is 52.9 Å². The first-order valence-corrected chi connectivity index (χ1v) is 17.0. The lowest BCUT2D eigenvalue weighted by Crippen LogP contribution is -2.71. The van der Waals surface area contributed by atoms with Crippen LogP contribution in [0.3, 0.4) is 0 Å². The third-order valence-corrected chi connectivity index (χ3v) is 11.4. The van der Waals surface area contributed by atoms with Crippen molar-refractivity contribution in [2.45, 2.75) is 117 Å². The molecule has 14 heteroatoms. The SMILES string of the molecule is CC(=O)OC1C2(OC(C)=O)C[C@H]3C(=O)C(C)(C)[C@@H](OC(C)=O)[C@@H]3C1(C)[C@@H](OC(C)=O)[C@@]1(O)C[C@H](C)[C@H](OC(=O)c3ccccc3)[C@H]1[C@H]2OC(C)=O. The number of carbonyl (C=O) groups is 7. The molecule has 3 unspecified atom stereocenters. The minimum atomic E-state index is -2.26. The van der Waals surface area contributed by atoms with Crippen LogP contribution in [-0.4, -0.2) is 88.4 Å². The summed E-state index contributed by atoms with van der Waals surface area (Å²) >= 11 is 0. The lowest BCUT2D eigenvalue weighted by atomic mass is 9.53. The summed E-state index contributed by atoms with van der Waals surface area (Å²) in [5.41, 5.74) is -7.57. The van der Waals surface area contributed by atoms with Crippen molar-refractivity contribution in [3.05, 3.63) is 35.9 Å². The number of ketones is 1. The Balaban J connectivity index is 1.90. The second-order valence-electron chi connectivity index (χ2n) is 15.3. The lowest BCUT2D eigenvalue weighted by molar-refractivity contribution is -0.276. The highest BCUT2D eigenvalue weighted by atomic mass is 16.6. The van der Waals surface area contributed by atoms with Gasteiger partial charge in [0.25, 0.3) is 0 Å². The average Bonchev–Trinajstić information content (AvgIpc) is 3.36. The lowest BCUT2D eigenvalue weighted by Gasteiger charge is -2.58. The molecule has 0 saturated heterocycles. The third kappa shape index (κ3) is 5.98. The Morgan fingerprint density at radius 1 is 0.686 bits per heavy atom. The van der Waals surface area contributed by atoms with E-state index in [4.69, 9.17) is 28.4 Å². The smallest absolute Gasteiger partial charge is 0.338 e. The van der Waals surface area contributed by atoms with E-state index in [0.29, 0.717) is 0 Å². The predicted molar refractivity (Wildman–Crippen MR) is 173 cm³/mol. The van der Waals surface area contributed by atoms with Gasteiger partial charge in [-0.1, -0.05) is 32.0 Å². The van der Waals surface area contributed by atoms with Gasteiger partial charge in [0.1, 0.15) is 29.7 Å². The molecule has 14 nitrogen and oxygen atoms in total. The fourth-order valence-corrected chi connectivity index (χ4v) is 10.0. The summed E-state index contributed by atoms with van der Waals surface area (Å²) in [7, 11) is 0. The van der Waals surface area contributed by atoms with Gasteiger partial charge in [-0.15, -0.1) is 0 Å². The van der Waals surface area contributed by atoms with Crippen LogP contribution >= 0.6 is 0 Å². The molecule has 0 amide bonds. The molecule has 4 aliphatic carbocycles. The molecular weight excluding hydrogens is 668 g/mol. The van der Waals surface area contributed by atoms with Crippen molar-refractivity contribution < 1.29 is 67.1 Å². The van der Waals surface area contributed by atoms with Crippen molar-refractivity contribution >= 4 is 41.6 Å². The number of carbonyl (C=O) groups excluding carboxylic acids is 7. The molecule has 51 heavy (non-hydrogen) atoms. The maximum absolute atomic E-state index is 14.5. The highest BCUT2D eigenvalue weighted by molar-refractivity contribution is 5.91. The van der Waals surface area contributed by atoms with Gasteiger partial charge in [-0.2, -0.15) is 0 Å². The second-order valence-corrected chi connectivity index (χ2v) is 15.3. The van der Waals surface area contributed by atoms with Gasteiger partial charge in [-0.25, -0.2) is 4.79 Å². The minimum absolute atomic E-state index is 0.180. The summed E-state index contributed by atoms with van der Waals surface area (Å²) in [6.07, 6.45) is -8.24. The number of ether oxygens (including phenoxy) is 6. The van der Waals surface area contributed by atoms with Crippen LogP contribution in [0.25, 0.3) is 0 Å². The maximum Gasteiger partial charge on any atom is 0.338 e. The van der Waals surface area contributed by atoms with E-state index in [1.807, 2.05) is 0 Å². The summed E-state index contributed by atoms with van der Waals surface area (Å²) in [6, 6.07) is 8.04. The number of fused-ring (bicyclic) bond motifs is 5. The molecule has 0 spiro atoms. The van der Waals surface area contributed by atoms with E-state index in [2.05, 4.69) is 0 Å². The number of hydrogen-bond acceptors (Lipinski definition) is 14. The van der Waals surface area contributed by atoms with Crippen LogP contribution in [-0.2, 0) is 57.2 Å². The standard InChI is InChI=1S/C37H46O14/c1-17-15-36(45)26(27(17)50-31(44)23-13-11-10-12-14-23)30(47-19(3)39)37(51-22(6)42)16-24-25(29(46-18(2)38)34(7,8)28(24)43)35(9,32(36)48-20(4)40)33(37)49-21(5)41/h10-14,17,24-27,29-30,32-33,45H,15-16H2,1-9H3/t17-,24+,25+,26-,27-,29-,30+,32+,33?,35?,36+,37?/m0/s1. The summed E-state index contributed by atoms with van der Waals surface area (Å²) in [5.74, 6) is -9.88. The summed E-state index contributed by atoms with van der Waals surface area (Å²) < 4.78 is 36.4. The molecule has 0 aliphatic heterocycles. The zero-order chi connectivity index (χ0) is 38.0. The van der Waals surface area contributed by atoms with Crippen molar-refractivity contribution in [3.8, 4) is 0 Å². The van der Waals surface area contributed by atoms with E-state index in [1.165, 1.54) is 26.0 Å². The predicted octanol–water partition coefficient (Wildman–Crippen LogP) is 2.89. The van der Waals surface area contributed by atoms with E-state index in [9.17, 15) is 38.7 Å². The number of hydrogen-bond donors (Lipinski definition) is 1. The third-order valence-electron chi connectivity index (χ3n) is 11.4. The van der Waals surface area contributed by atoms with E-state index < -0.39 is 124 Å². The highest BCUT2D eigenvalue weighted by Gasteiger charge is 2.84. The highest BCUT2D eigenvalue weighted by Crippen LogP contribution is 2.69. The van der Waals surface area contributed by atoms with Crippen LogP contribution in [0.5, 0.6) is 0 Å². The summed E-state index contributed by atoms with van der Waals surface area (Å²) in [5, 5.41) is 13.3. The molecular formula is C37H46O14. The quantitative estimate of drug-likeness (QED) is 0.320. The molecule has 0 radical (unpaired) electrons. The average molecular weight is 715 g/mol. The Hall–Kier alpha value is -4.33. The minimum Gasteiger partial charge on any atom is -0.461 e. The molecule has 278 valence electrons. The van der Waals surface area contributed by atoms with Crippen LogP contribution in [0.2, 0.25) is 0 Å². The van der Waals surface area contributed by atoms with Gasteiger partial charge in [0.2, 0.25) is 0 Å². The Morgan fingerprint density at radius 3 is 1.75 bits per heavy atom. The molecule has 1 aromatic rings. The maximum atomic E-state index is 14.5. The van der Waals surface area contributed by atoms with Crippen molar-refractivity contribution in [3.63, 3.8) is 0 Å². The van der Waals surface area contributed by atoms with Crippen molar-refractivity contribution in [1.29, 1.82) is 0 Å². The van der Waals surface area contributed by atoms with Gasteiger partial charge >= 0.3 is 35.8 Å². The van der Waals surface area contributed by atoms with Gasteiger partial charge in [-0.3, -0.25) is 28.8 Å². The van der Waals surface area contributed by atoms with Gasteiger partial charge in [-0.05, 0) is 38.3 Å². The molecule has 0 heterocycles. The van der Waals surface area contributed by atoms with Crippen LogP contribution in [0, 0.1) is 34.5 Å². The van der Waals surface area contributed by atoms with Crippen molar-refractivity contribution in [2.75, 3.05) is 0 Å². The molecule has 0 aromatic heterocycles. The van der Waals surface area contributed by atoms with Gasteiger partial charge in [0.15, 0.2) is 17.8 Å². The first-order valence-electron chi connectivity index (χ1n) is 17.0. The topological polar surface area (TPSA) is 195 Å². The van der Waals surface area contributed by atoms with Crippen LogP contribution in [0.4, 0.5) is 0 Å². The fourth-order valence-electron chi connectivity index (χ4n) is 10.0. The monoisotopic (exact) mass is 714 g/mol. The largest absolute Gasteiger partial charge is 0.461 e. The van der Waals surface area contributed by atoms with Crippen molar-refractivity contribution in [1.82, 2.24) is 0 Å². The Morgan fingerprint density at radius 2 is 1.22 bits per heavy atom. The normalized spacial score (nSPS) is 38.9. The molecule has 12 atom stereocenters. The molecule has 2 bridgehead atoms. The number of aliphatic hydroxyl groups is 1. The van der Waals surface area contributed by atoms with Gasteiger partial charge < -0.3 is 33.5 Å². The van der Waals surface area contributed by atoms with E-state index in [0.717, 1.165) is 27.7 Å². The van der Waals surface area contributed by atoms with Crippen molar-refractivity contribution in [2.24, 2.45) is 34.5 Å². The number of rotatable bonds is 7. The number of esters is 6. The summed E-state index contributed by atoms with van der Waals surface area (Å²) in [6.45, 7) is 11.9. The molecule has 5 rings (SSSR count). The van der Waals surface area contributed by atoms with E-state index in [1.54, 1.807) is 39.0 Å². The zero-order valence-corrected chi connectivity index (χ0v) is 30.3. The van der Waals surface area contributed by atoms with Crippen LogP contribution < -0.4 is 0 Å².